The molecule has 0 amide bonds. The molecule has 2 atom stereocenters. The van der Waals surface area contributed by atoms with E-state index < -0.39 is 10.8 Å². The van der Waals surface area contributed by atoms with Crippen LogP contribution in [0.25, 0.3) is 0 Å². The molecule has 0 aliphatic rings. The van der Waals surface area contributed by atoms with Crippen molar-refractivity contribution in [3.05, 3.63) is 24.3 Å². The number of hydrogen-bond acceptors (Lipinski definition) is 3. The van der Waals surface area contributed by atoms with Crippen LogP contribution in [0, 0.1) is 0 Å². The Bertz CT molecular complexity index is 324. The third kappa shape index (κ3) is 3.64. The van der Waals surface area contributed by atoms with Crippen LogP contribution in [0.4, 0.5) is 0 Å². The molecule has 1 rings (SSSR count). The highest BCUT2D eigenvalue weighted by molar-refractivity contribution is 7.85. The minimum atomic E-state index is -1.00. The largest absolute Gasteiger partial charge is 0.497 e. The predicted octanol–water partition coefficient (Wildman–Crippen LogP) is 1.54. The fraction of sp³-hybridized carbons (Fsp3) is 0.455. The molecule has 0 aliphatic heterocycles. The minimum absolute atomic E-state index is 0.00735. The first-order chi connectivity index (χ1) is 7.17. The van der Waals surface area contributed by atoms with Crippen LogP contribution >= 0.6 is 0 Å². The lowest BCUT2D eigenvalue weighted by Crippen LogP contribution is -2.25. The standard InChI is InChI=1S/C11H17NO2S/c1-3-9(12)8-15(13)11-6-4-10(14-2)5-7-11/h4-7,9H,3,8,12H2,1-2H3. The summed E-state index contributed by atoms with van der Waals surface area (Å²) < 4.78 is 16.8. The van der Waals surface area contributed by atoms with Crippen molar-refractivity contribution in [2.24, 2.45) is 5.73 Å². The van der Waals surface area contributed by atoms with E-state index in [-0.39, 0.29) is 6.04 Å². The summed E-state index contributed by atoms with van der Waals surface area (Å²) >= 11 is 0. The molecule has 1 aromatic carbocycles. The Hall–Kier alpha value is -0.870. The van der Waals surface area contributed by atoms with Gasteiger partial charge < -0.3 is 10.5 Å². The van der Waals surface area contributed by atoms with Gasteiger partial charge in [-0.25, -0.2) is 0 Å². The van der Waals surface area contributed by atoms with Gasteiger partial charge in [0.1, 0.15) is 5.75 Å². The number of rotatable bonds is 5. The van der Waals surface area contributed by atoms with Gasteiger partial charge in [0, 0.05) is 16.7 Å². The molecule has 0 saturated heterocycles. The summed E-state index contributed by atoms with van der Waals surface area (Å²) in [7, 11) is 0.606. The summed E-state index contributed by atoms with van der Waals surface area (Å²) in [6, 6.07) is 7.26. The first kappa shape index (κ1) is 12.2. The van der Waals surface area contributed by atoms with Crippen LogP contribution in [0.15, 0.2) is 29.2 Å². The molecule has 84 valence electrons. The van der Waals surface area contributed by atoms with Crippen LogP contribution in [0.1, 0.15) is 13.3 Å². The molecule has 1 aromatic rings. The Morgan fingerprint density at radius 1 is 1.40 bits per heavy atom. The lowest BCUT2D eigenvalue weighted by molar-refractivity contribution is 0.414. The smallest absolute Gasteiger partial charge is 0.118 e. The van der Waals surface area contributed by atoms with E-state index in [2.05, 4.69) is 0 Å². The Labute approximate surface area is 93.1 Å². The van der Waals surface area contributed by atoms with Crippen molar-refractivity contribution < 1.29 is 8.95 Å². The minimum Gasteiger partial charge on any atom is -0.497 e. The normalized spacial score (nSPS) is 14.6. The van der Waals surface area contributed by atoms with E-state index in [4.69, 9.17) is 10.5 Å². The van der Waals surface area contributed by atoms with Crippen LogP contribution in [0.5, 0.6) is 5.75 Å². The molecule has 0 spiro atoms. The monoisotopic (exact) mass is 227 g/mol. The molecule has 2 N–H and O–H groups in total. The highest BCUT2D eigenvalue weighted by Gasteiger charge is 2.08. The lowest BCUT2D eigenvalue weighted by atomic mass is 10.3. The van der Waals surface area contributed by atoms with Gasteiger partial charge in [-0.15, -0.1) is 0 Å². The third-order valence-corrected chi connectivity index (χ3v) is 3.74. The maximum Gasteiger partial charge on any atom is 0.118 e. The van der Waals surface area contributed by atoms with Gasteiger partial charge in [-0.2, -0.15) is 0 Å². The molecule has 0 saturated carbocycles. The van der Waals surface area contributed by atoms with Crippen molar-refractivity contribution in [1.29, 1.82) is 0 Å². The number of ether oxygens (including phenoxy) is 1. The van der Waals surface area contributed by atoms with E-state index in [1.54, 1.807) is 7.11 Å². The zero-order valence-corrected chi connectivity index (χ0v) is 9.92. The molecule has 0 fully saturated rings. The van der Waals surface area contributed by atoms with Gasteiger partial charge in [-0.1, -0.05) is 6.92 Å². The highest BCUT2D eigenvalue weighted by atomic mass is 32.2. The molecule has 0 aliphatic carbocycles. The fourth-order valence-corrected chi connectivity index (χ4v) is 2.39. The third-order valence-electron chi connectivity index (χ3n) is 2.21. The van der Waals surface area contributed by atoms with Crippen molar-refractivity contribution in [2.45, 2.75) is 24.3 Å². The van der Waals surface area contributed by atoms with Crippen molar-refractivity contribution >= 4 is 10.8 Å². The first-order valence-electron chi connectivity index (χ1n) is 4.95. The zero-order valence-electron chi connectivity index (χ0n) is 9.10. The molecule has 15 heavy (non-hydrogen) atoms. The van der Waals surface area contributed by atoms with E-state index >= 15 is 0 Å². The van der Waals surface area contributed by atoms with Crippen molar-refractivity contribution in [3.63, 3.8) is 0 Å². The molecule has 2 unspecified atom stereocenters. The quantitative estimate of drug-likeness (QED) is 0.830. The Kier molecular flexibility index (Phi) is 4.78. The van der Waals surface area contributed by atoms with E-state index in [9.17, 15) is 4.21 Å². The zero-order chi connectivity index (χ0) is 11.3. The van der Waals surface area contributed by atoms with Crippen LogP contribution in [0.3, 0.4) is 0 Å². The summed E-state index contributed by atoms with van der Waals surface area (Å²) in [6.07, 6.45) is 0.849. The second-order valence-corrected chi connectivity index (χ2v) is 4.85. The van der Waals surface area contributed by atoms with Gasteiger partial charge in [0.2, 0.25) is 0 Å². The summed E-state index contributed by atoms with van der Waals surface area (Å²) in [5.74, 6) is 1.29. The number of nitrogens with two attached hydrogens (primary N) is 1. The molecule has 0 radical (unpaired) electrons. The summed E-state index contributed by atoms with van der Waals surface area (Å²) in [5, 5.41) is 0. The first-order valence-corrected chi connectivity index (χ1v) is 6.27. The maximum atomic E-state index is 11.8. The van der Waals surface area contributed by atoms with Gasteiger partial charge in [0.25, 0.3) is 0 Å². The predicted molar refractivity (Wildman–Crippen MR) is 62.5 cm³/mol. The molecule has 0 bridgehead atoms. The second kappa shape index (κ2) is 5.88. The van der Waals surface area contributed by atoms with E-state index in [1.165, 1.54) is 0 Å². The molecule has 3 nitrogen and oxygen atoms in total. The van der Waals surface area contributed by atoms with Crippen LogP contribution < -0.4 is 10.5 Å². The van der Waals surface area contributed by atoms with E-state index in [0.717, 1.165) is 17.1 Å². The molecular weight excluding hydrogens is 210 g/mol. The van der Waals surface area contributed by atoms with E-state index in [0.29, 0.717) is 5.75 Å². The molecule has 0 aromatic heterocycles. The Morgan fingerprint density at radius 3 is 2.47 bits per heavy atom. The van der Waals surface area contributed by atoms with Gasteiger partial charge in [-0.3, -0.25) is 4.21 Å². The Balaban J connectivity index is 2.66. The van der Waals surface area contributed by atoms with Gasteiger partial charge in [-0.05, 0) is 30.7 Å². The summed E-state index contributed by atoms with van der Waals surface area (Å²) in [6.45, 7) is 2.00. The van der Waals surface area contributed by atoms with Gasteiger partial charge in [0.05, 0.1) is 17.9 Å². The van der Waals surface area contributed by atoms with Crippen molar-refractivity contribution in [2.75, 3.05) is 12.9 Å². The van der Waals surface area contributed by atoms with Gasteiger partial charge >= 0.3 is 0 Å². The average molecular weight is 227 g/mol. The summed E-state index contributed by atoms with van der Waals surface area (Å²) in [4.78, 5) is 0.805. The maximum absolute atomic E-state index is 11.8. The highest BCUT2D eigenvalue weighted by Crippen LogP contribution is 2.14. The Morgan fingerprint density at radius 2 is 2.00 bits per heavy atom. The molecule has 4 heteroatoms. The van der Waals surface area contributed by atoms with Crippen LogP contribution in [-0.4, -0.2) is 23.1 Å². The lowest BCUT2D eigenvalue weighted by Gasteiger charge is -2.08. The van der Waals surface area contributed by atoms with Gasteiger partial charge in [0.15, 0.2) is 0 Å². The fourth-order valence-electron chi connectivity index (χ4n) is 1.14. The number of hydrogen-bond donors (Lipinski definition) is 1. The topological polar surface area (TPSA) is 52.3 Å². The molecule has 0 heterocycles. The molecular formula is C11H17NO2S. The van der Waals surface area contributed by atoms with Crippen LogP contribution in [-0.2, 0) is 10.8 Å². The number of methoxy groups -OCH3 is 1. The average Bonchev–Trinajstić information content (AvgIpc) is 2.29. The second-order valence-electron chi connectivity index (χ2n) is 3.36. The van der Waals surface area contributed by atoms with Crippen LogP contribution in [0.2, 0.25) is 0 Å². The van der Waals surface area contributed by atoms with Crippen molar-refractivity contribution in [3.8, 4) is 5.75 Å². The number of benzene rings is 1. The van der Waals surface area contributed by atoms with Crippen molar-refractivity contribution in [1.82, 2.24) is 0 Å². The van der Waals surface area contributed by atoms with E-state index in [1.807, 2.05) is 31.2 Å². The summed E-state index contributed by atoms with van der Waals surface area (Å²) in [5.41, 5.74) is 5.75. The SMILES string of the molecule is CCC(N)CS(=O)c1ccc(OC)cc1.